The normalized spacial score (nSPS) is 15.7. The number of esters is 1. The quantitative estimate of drug-likeness (QED) is 0.588. The van der Waals surface area contributed by atoms with Crippen molar-refractivity contribution in [1.29, 1.82) is 0 Å². The maximum absolute atomic E-state index is 12.8. The van der Waals surface area contributed by atoms with E-state index in [2.05, 4.69) is 24.3 Å². The van der Waals surface area contributed by atoms with Crippen LogP contribution in [0.3, 0.4) is 0 Å². The molecule has 6 nitrogen and oxygen atoms in total. The largest absolute Gasteiger partial charge is 0.466 e. The highest BCUT2D eigenvalue weighted by atomic mass is 35.5. The van der Waals surface area contributed by atoms with E-state index in [9.17, 15) is 9.59 Å². The monoisotopic (exact) mass is 441 g/mol. The summed E-state index contributed by atoms with van der Waals surface area (Å²) in [5, 5.41) is 9.39. The smallest absolute Gasteiger partial charge is 0.342 e. The zero-order chi connectivity index (χ0) is 22.4. The van der Waals surface area contributed by atoms with Crippen molar-refractivity contribution in [3.63, 3.8) is 0 Å². The summed E-state index contributed by atoms with van der Waals surface area (Å²) in [7, 11) is 0. The zero-order valence-electron chi connectivity index (χ0n) is 18.1. The van der Waals surface area contributed by atoms with Gasteiger partial charge in [-0.05, 0) is 54.7 Å². The molecule has 0 aliphatic carbocycles. The van der Waals surface area contributed by atoms with Gasteiger partial charge >= 0.3 is 12.0 Å². The van der Waals surface area contributed by atoms with Crippen molar-refractivity contribution < 1.29 is 14.3 Å². The van der Waals surface area contributed by atoms with E-state index in [0.29, 0.717) is 35.5 Å². The minimum Gasteiger partial charge on any atom is -0.466 e. The topological polar surface area (TPSA) is 71.0 Å². The van der Waals surface area contributed by atoms with Crippen molar-refractivity contribution >= 4 is 35.0 Å². The Morgan fingerprint density at radius 3 is 2.45 bits per heavy atom. The first-order chi connectivity index (χ1) is 14.9. The lowest BCUT2D eigenvalue weighted by atomic mass is 9.94. The Balaban J connectivity index is 1.74. The van der Waals surface area contributed by atoms with Crippen LogP contribution < -0.4 is 5.32 Å². The lowest BCUT2D eigenvalue weighted by Gasteiger charge is -2.15. The Labute approximate surface area is 188 Å². The molecule has 0 fully saturated rings. The second-order valence-corrected chi connectivity index (χ2v) is 8.44. The van der Waals surface area contributed by atoms with E-state index in [1.54, 1.807) is 19.1 Å². The third-order valence-corrected chi connectivity index (χ3v) is 5.20. The molecule has 1 atom stereocenters. The Hall–Kier alpha value is -2.86. The molecule has 3 rings (SSSR count). The highest BCUT2D eigenvalue weighted by Crippen LogP contribution is 2.25. The number of carbonyl (C=O) groups excluding carboxylic acids is 2. The number of hydrogen-bond donors (Lipinski definition) is 1. The van der Waals surface area contributed by atoms with Crippen molar-refractivity contribution in [2.24, 2.45) is 16.9 Å². The zero-order valence-corrected chi connectivity index (χ0v) is 18.9. The fraction of sp³-hybridized carbons (Fsp3) is 0.375. The first-order valence-electron chi connectivity index (χ1n) is 10.5. The molecule has 1 aliphatic rings. The van der Waals surface area contributed by atoms with Crippen LogP contribution in [0.15, 0.2) is 53.6 Å². The number of rotatable bonds is 7. The Morgan fingerprint density at radius 2 is 1.84 bits per heavy atom. The number of benzene rings is 2. The van der Waals surface area contributed by atoms with Gasteiger partial charge in [-0.25, -0.2) is 9.80 Å². The van der Waals surface area contributed by atoms with E-state index in [1.807, 2.05) is 36.4 Å². The third-order valence-electron chi connectivity index (χ3n) is 4.95. The average molecular weight is 442 g/mol. The van der Waals surface area contributed by atoms with Gasteiger partial charge in [-0.15, -0.1) is 0 Å². The summed E-state index contributed by atoms with van der Waals surface area (Å²) in [4.78, 5) is 24.9. The molecule has 31 heavy (non-hydrogen) atoms. The van der Waals surface area contributed by atoms with Crippen molar-refractivity contribution in [1.82, 2.24) is 5.01 Å². The van der Waals surface area contributed by atoms with Gasteiger partial charge in [0, 0.05) is 16.6 Å². The fourth-order valence-corrected chi connectivity index (χ4v) is 3.68. The Kier molecular flexibility index (Phi) is 7.69. The average Bonchev–Trinajstić information content (AvgIpc) is 3.13. The fourth-order valence-electron chi connectivity index (χ4n) is 3.56. The number of ether oxygens (including phenoxy) is 1. The standard InChI is InChI=1S/C24H28ClN3O3/c1-4-31-22(29)14-19-15-28(27-23(19)18-7-9-20(25)10-8-18)24(30)26-21-11-5-17(6-12-21)13-16(2)3/h5-12,16,19H,4,13-15H2,1-3H3,(H,26,30). The van der Waals surface area contributed by atoms with Gasteiger partial charge < -0.3 is 10.1 Å². The second-order valence-electron chi connectivity index (χ2n) is 8.01. The number of halogens is 1. The first kappa shape index (κ1) is 22.8. The highest BCUT2D eigenvalue weighted by Gasteiger charge is 2.33. The van der Waals surface area contributed by atoms with E-state index in [1.165, 1.54) is 10.6 Å². The molecular weight excluding hydrogens is 414 g/mol. The van der Waals surface area contributed by atoms with Gasteiger partial charge in [0.25, 0.3) is 0 Å². The summed E-state index contributed by atoms with van der Waals surface area (Å²) < 4.78 is 5.10. The molecule has 2 amide bonds. The van der Waals surface area contributed by atoms with Gasteiger partial charge in [0.1, 0.15) is 0 Å². The molecule has 0 spiro atoms. The summed E-state index contributed by atoms with van der Waals surface area (Å²) in [6, 6.07) is 14.7. The molecule has 164 valence electrons. The van der Waals surface area contributed by atoms with Crippen LogP contribution in [-0.2, 0) is 16.0 Å². The Morgan fingerprint density at radius 1 is 1.16 bits per heavy atom. The van der Waals surface area contributed by atoms with Crippen molar-refractivity contribution in [2.75, 3.05) is 18.5 Å². The number of amides is 2. The van der Waals surface area contributed by atoms with Gasteiger partial charge in [0.05, 0.1) is 25.3 Å². The van der Waals surface area contributed by atoms with E-state index in [4.69, 9.17) is 16.3 Å². The van der Waals surface area contributed by atoms with E-state index >= 15 is 0 Å². The van der Waals surface area contributed by atoms with Crippen molar-refractivity contribution in [2.45, 2.75) is 33.6 Å². The number of hydrazone groups is 1. The summed E-state index contributed by atoms with van der Waals surface area (Å²) >= 11 is 6.00. The maximum atomic E-state index is 12.8. The second kappa shape index (κ2) is 10.4. The van der Waals surface area contributed by atoms with Gasteiger partial charge in [0.15, 0.2) is 0 Å². The molecule has 1 aliphatic heterocycles. The number of nitrogens with zero attached hydrogens (tertiary/aromatic N) is 2. The van der Waals surface area contributed by atoms with Crippen LogP contribution in [0.5, 0.6) is 0 Å². The predicted octanol–water partition coefficient (Wildman–Crippen LogP) is 5.36. The molecule has 0 aromatic heterocycles. The molecular formula is C24H28ClN3O3. The van der Waals surface area contributed by atoms with Gasteiger partial charge in [-0.3, -0.25) is 4.79 Å². The molecule has 2 aromatic rings. The van der Waals surface area contributed by atoms with Crippen LogP contribution in [-0.4, -0.2) is 35.9 Å². The molecule has 7 heteroatoms. The predicted molar refractivity (Wildman–Crippen MR) is 123 cm³/mol. The SMILES string of the molecule is CCOC(=O)CC1CN(C(=O)Nc2ccc(CC(C)C)cc2)N=C1c1ccc(Cl)cc1. The molecule has 2 aromatic carbocycles. The van der Waals surface area contributed by atoms with Gasteiger partial charge in [-0.1, -0.05) is 49.7 Å². The van der Waals surface area contributed by atoms with Crippen LogP contribution in [0.1, 0.15) is 38.3 Å². The van der Waals surface area contributed by atoms with E-state index in [0.717, 1.165) is 12.0 Å². The molecule has 0 saturated heterocycles. The first-order valence-corrected chi connectivity index (χ1v) is 10.9. The summed E-state index contributed by atoms with van der Waals surface area (Å²) in [6.07, 6.45) is 1.15. The number of carbonyl (C=O) groups is 2. The molecule has 1 N–H and O–H groups in total. The molecule has 1 heterocycles. The van der Waals surface area contributed by atoms with Crippen LogP contribution in [0.2, 0.25) is 5.02 Å². The van der Waals surface area contributed by atoms with Crippen LogP contribution in [0.4, 0.5) is 10.5 Å². The van der Waals surface area contributed by atoms with E-state index in [-0.39, 0.29) is 24.3 Å². The lowest BCUT2D eigenvalue weighted by molar-refractivity contribution is -0.143. The van der Waals surface area contributed by atoms with Gasteiger partial charge in [-0.2, -0.15) is 5.10 Å². The minimum absolute atomic E-state index is 0.156. The third kappa shape index (κ3) is 6.31. The number of urea groups is 1. The molecule has 0 bridgehead atoms. The minimum atomic E-state index is -0.338. The number of anilines is 1. The van der Waals surface area contributed by atoms with Crippen molar-refractivity contribution in [3.8, 4) is 0 Å². The molecule has 0 radical (unpaired) electrons. The highest BCUT2D eigenvalue weighted by molar-refractivity contribution is 6.30. The van der Waals surface area contributed by atoms with Gasteiger partial charge in [0.2, 0.25) is 0 Å². The van der Waals surface area contributed by atoms with Crippen molar-refractivity contribution in [3.05, 3.63) is 64.7 Å². The molecule has 0 saturated carbocycles. The summed E-state index contributed by atoms with van der Waals surface area (Å²) in [6.45, 7) is 6.73. The van der Waals surface area contributed by atoms with Crippen LogP contribution in [0, 0.1) is 11.8 Å². The maximum Gasteiger partial charge on any atom is 0.342 e. The summed E-state index contributed by atoms with van der Waals surface area (Å²) in [5.74, 6) is 0.0126. The summed E-state index contributed by atoms with van der Waals surface area (Å²) in [5.41, 5.74) is 3.43. The number of nitrogens with one attached hydrogen (secondary N) is 1. The molecule has 1 unspecified atom stereocenters. The lowest BCUT2D eigenvalue weighted by Crippen LogP contribution is -2.31. The van der Waals surface area contributed by atoms with E-state index < -0.39 is 0 Å². The number of hydrogen-bond acceptors (Lipinski definition) is 4. The van der Waals surface area contributed by atoms with Crippen LogP contribution in [0.25, 0.3) is 0 Å². The van der Waals surface area contributed by atoms with Crippen LogP contribution >= 0.6 is 11.6 Å². The Bertz CT molecular complexity index is 940.